The number of hydrogen-bond donors (Lipinski definition) is 1. The summed E-state index contributed by atoms with van der Waals surface area (Å²) in [5, 5.41) is 5.17. The zero-order valence-electron chi connectivity index (χ0n) is 14.8. The van der Waals surface area contributed by atoms with Gasteiger partial charge in [-0.05, 0) is 31.2 Å². The van der Waals surface area contributed by atoms with E-state index in [1.54, 1.807) is 17.6 Å². The third kappa shape index (κ3) is 3.68. The monoisotopic (exact) mass is 385 g/mol. The van der Waals surface area contributed by atoms with Crippen molar-refractivity contribution in [2.45, 2.75) is 38.8 Å². The molecule has 0 spiro atoms. The maximum Gasteiger partial charge on any atom is 0.262 e. The lowest BCUT2D eigenvalue weighted by atomic mass is 10.3. The van der Waals surface area contributed by atoms with Crippen molar-refractivity contribution in [1.82, 2.24) is 24.4 Å². The lowest BCUT2D eigenvalue weighted by molar-refractivity contribution is -0.121. The van der Waals surface area contributed by atoms with Crippen LogP contribution in [0.4, 0.5) is 0 Å². The molecule has 0 atom stereocenters. The third-order valence-corrected chi connectivity index (χ3v) is 5.45. The van der Waals surface area contributed by atoms with Crippen molar-refractivity contribution in [2.75, 3.05) is 6.54 Å². The molecule has 0 bridgehead atoms. The van der Waals surface area contributed by atoms with Gasteiger partial charge in [0.1, 0.15) is 17.2 Å². The van der Waals surface area contributed by atoms with Crippen molar-refractivity contribution in [3.63, 3.8) is 0 Å². The molecule has 1 saturated carbocycles. The average Bonchev–Trinajstić information content (AvgIpc) is 3.38. The number of nitrogens with zero attached hydrogens (tertiary/aromatic N) is 4. The normalized spacial score (nSPS) is 13.8. The number of carbonyl (C=O) groups is 1. The molecule has 0 aromatic carbocycles. The topological polar surface area (TPSA) is 98.9 Å². The molecule has 1 N–H and O–H groups in total. The van der Waals surface area contributed by atoms with Crippen LogP contribution in [0.3, 0.4) is 0 Å². The molecule has 1 amide bonds. The molecule has 9 heteroatoms. The molecular formula is C18H19N5O3S. The molecule has 4 rings (SSSR count). The van der Waals surface area contributed by atoms with E-state index in [4.69, 9.17) is 0 Å². The van der Waals surface area contributed by atoms with Gasteiger partial charge in [-0.2, -0.15) is 0 Å². The first-order valence-corrected chi connectivity index (χ1v) is 9.68. The van der Waals surface area contributed by atoms with Crippen LogP contribution < -0.4 is 16.4 Å². The van der Waals surface area contributed by atoms with Crippen molar-refractivity contribution >= 4 is 27.5 Å². The van der Waals surface area contributed by atoms with E-state index in [9.17, 15) is 14.4 Å². The van der Waals surface area contributed by atoms with Gasteiger partial charge in [0.15, 0.2) is 0 Å². The highest BCUT2D eigenvalue weighted by Crippen LogP contribution is 2.38. The summed E-state index contributed by atoms with van der Waals surface area (Å²) in [7, 11) is 0. The average molecular weight is 385 g/mol. The molecular weight excluding hydrogens is 366 g/mol. The minimum absolute atomic E-state index is 0.0908. The Morgan fingerprint density at radius 1 is 1.37 bits per heavy atom. The second-order valence-electron chi connectivity index (χ2n) is 6.66. The Morgan fingerprint density at radius 3 is 2.93 bits per heavy atom. The van der Waals surface area contributed by atoms with Gasteiger partial charge in [-0.25, -0.2) is 9.97 Å². The molecule has 0 saturated heterocycles. The molecule has 0 aliphatic heterocycles. The standard InChI is InChI=1S/C18H19N5O3S/c1-11-21-17-13(4-7-27-17)18(26)23(11)6-5-19-15(24)9-22-10-20-14(8-16(22)25)12-2-3-12/h4,7-8,10,12H,2-3,5-6,9H2,1H3,(H,19,24). The van der Waals surface area contributed by atoms with Gasteiger partial charge in [-0.3, -0.25) is 23.5 Å². The van der Waals surface area contributed by atoms with Crippen molar-refractivity contribution < 1.29 is 4.79 Å². The third-order valence-electron chi connectivity index (χ3n) is 4.64. The molecule has 8 nitrogen and oxygen atoms in total. The van der Waals surface area contributed by atoms with E-state index in [0.29, 0.717) is 23.7 Å². The number of fused-ring (bicyclic) bond motifs is 1. The smallest absolute Gasteiger partial charge is 0.262 e. The van der Waals surface area contributed by atoms with Gasteiger partial charge in [0.2, 0.25) is 5.91 Å². The molecule has 0 radical (unpaired) electrons. The van der Waals surface area contributed by atoms with Crippen LogP contribution in [-0.4, -0.2) is 31.6 Å². The fraction of sp³-hybridized carbons (Fsp3) is 0.389. The number of carbonyl (C=O) groups excluding carboxylic acids is 1. The van der Waals surface area contributed by atoms with Gasteiger partial charge in [0.25, 0.3) is 11.1 Å². The zero-order valence-corrected chi connectivity index (χ0v) is 15.7. The van der Waals surface area contributed by atoms with Crippen LogP contribution in [0.25, 0.3) is 10.2 Å². The van der Waals surface area contributed by atoms with Crippen molar-refractivity contribution in [3.8, 4) is 0 Å². The van der Waals surface area contributed by atoms with Gasteiger partial charge >= 0.3 is 0 Å². The summed E-state index contributed by atoms with van der Waals surface area (Å²) in [4.78, 5) is 46.1. The van der Waals surface area contributed by atoms with E-state index in [1.165, 1.54) is 28.3 Å². The molecule has 27 heavy (non-hydrogen) atoms. The Morgan fingerprint density at radius 2 is 2.19 bits per heavy atom. The Bertz CT molecular complexity index is 1130. The maximum absolute atomic E-state index is 12.5. The second kappa shape index (κ2) is 7.07. The van der Waals surface area contributed by atoms with Crippen molar-refractivity contribution in [1.29, 1.82) is 0 Å². The van der Waals surface area contributed by atoms with Crippen LogP contribution in [0.15, 0.2) is 33.4 Å². The molecule has 140 valence electrons. The summed E-state index contributed by atoms with van der Waals surface area (Å²) in [6, 6.07) is 3.27. The molecule has 3 aromatic rings. The summed E-state index contributed by atoms with van der Waals surface area (Å²) in [5.74, 6) is 0.713. The van der Waals surface area contributed by atoms with Gasteiger partial charge in [-0.1, -0.05) is 0 Å². The van der Waals surface area contributed by atoms with Crippen LogP contribution in [-0.2, 0) is 17.9 Å². The summed E-state index contributed by atoms with van der Waals surface area (Å²) < 4.78 is 2.84. The SMILES string of the molecule is Cc1nc2sccc2c(=O)n1CCNC(=O)Cn1cnc(C2CC2)cc1=O. The van der Waals surface area contributed by atoms with Crippen LogP contribution in [0.2, 0.25) is 0 Å². The van der Waals surface area contributed by atoms with E-state index in [-0.39, 0.29) is 30.1 Å². The van der Waals surface area contributed by atoms with Gasteiger partial charge < -0.3 is 5.32 Å². The minimum Gasteiger partial charge on any atom is -0.353 e. The van der Waals surface area contributed by atoms with E-state index in [1.807, 2.05) is 5.38 Å². The Kier molecular flexibility index (Phi) is 4.61. The predicted octanol–water partition coefficient (Wildman–Crippen LogP) is 1.02. The number of amides is 1. The first kappa shape index (κ1) is 17.6. The molecule has 1 aliphatic carbocycles. The van der Waals surface area contributed by atoms with Crippen molar-refractivity contribution in [3.05, 3.63) is 56.1 Å². The minimum atomic E-state index is -0.298. The van der Waals surface area contributed by atoms with E-state index in [0.717, 1.165) is 23.4 Å². The first-order valence-electron chi connectivity index (χ1n) is 8.80. The van der Waals surface area contributed by atoms with Gasteiger partial charge in [0.05, 0.1) is 17.4 Å². The first-order chi connectivity index (χ1) is 13.0. The molecule has 3 aromatic heterocycles. The number of rotatable bonds is 6. The molecule has 3 heterocycles. The predicted molar refractivity (Wildman–Crippen MR) is 102 cm³/mol. The van der Waals surface area contributed by atoms with E-state index >= 15 is 0 Å². The summed E-state index contributed by atoms with van der Waals surface area (Å²) >= 11 is 1.43. The molecule has 1 aliphatic rings. The van der Waals surface area contributed by atoms with Crippen molar-refractivity contribution in [2.24, 2.45) is 0 Å². The number of hydrogen-bond acceptors (Lipinski definition) is 6. The van der Waals surface area contributed by atoms with Gasteiger partial charge in [0, 0.05) is 25.1 Å². The van der Waals surface area contributed by atoms with Gasteiger partial charge in [-0.15, -0.1) is 11.3 Å². The highest BCUT2D eigenvalue weighted by atomic mass is 32.1. The number of nitrogens with one attached hydrogen (secondary N) is 1. The Labute approximate surface area is 158 Å². The summed E-state index contributed by atoms with van der Waals surface area (Å²) in [6.07, 6.45) is 3.57. The fourth-order valence-corrected chi connectivity index (χ4v) is 3.79. The highest BCUT2D eigenvalue weighted by molar-refractivity contribution is 7.16. The number of thiophene rings is 1. The molecule has 0 unspecified atom stereocenters. The Balaban J connectivity index is 1.37. The van der Waals surface area contributed by atoms with Crippen LogP contribution in [0.5, 0.6) is 0 Å². The number of aromatic nitrogens is 4. The van der Waals surface area contributed by atoms with Crippen LogP contribution >= 0.6 is 11.3 Å². The fourth-order valence-electron chi connectivity index (χ4n) is 2.99. The Hall–Kier alpha value is -2.81. The maximum atomic E-state index is 12.5. The number of aryl methyl sites for hydroxylation is 1. The van der Waals surface area contributed by atoms with Crippen LogP contribution in [0.1, 0.15) is 30.3 Å². The van der Waals surface area contributed by atoms with E-state index < -0.39 is 0 Å². The lowest BCUT2D eigenvalue weighted by Crippen LogP contribution is -2.36. The summed E-state index contributed by atoms with van der Waals surface area (Å²) in [5.41, 5.74) is 0.480. The second-order valence-corrected chi connectivity index (χ2v) is 7.55. The molecule has 1 fully saturated rings. The largest absolute Gasteiger partial charge is 0.353 e. The van der Waals surface area contributed by atoms with E-state index in [2.05, 4.69) is 15.3 Å². The summed E-state index contributed by atoms with van der Waals surface area (Å²) in [6.45, 7) is 2.28. The quantitative estimate of drug-likeness (QED) is 0.683. The van der Waals surface area contributed by atoms with Crippen LogP contribution in [0, 0.1) is 6.92 Å². The lowest BCUT2D eigenvalue weighted by Gasteiger charge is -2.11. The highest BCUT2D eigenvalue weighted by Gasteiger charge is 2.25. The zero-order chi connectivity index (χ0) is 19.0.